The maximum atomic E-state index is 14.8. The molecule has 0 aromatic heterocycles. The van der Waals surface area contributed by atoms with E-state index in [1.54, 1.807) is 0 Å². The van der Waals surface area contributed by atoms with Crippen molar-refractivity contribution in [1.82, 2.24) is 0 Å². The Labute approximate surface area is 222 Å². The van der Waals surface area contributed by atoms with Crippen molar-refractivity contribution >= 4 is 38.2 Å². The molecule has 0 fully saturated rings. The van der Waals surface area contributed by atoms with Gasteiger partial charge in [0.05, 0.1) is 26.2 Å². The molecule has 208 valence electrons. The molecular formula is C27H66AlF2NSi3. The Morgan fingerprint density at radius 3 is 0.824 bits per heavy atom. The van der Waals surface area contributed by atoms with E-state index in [0.29, 0.717) is 0 Å². The van der Waals surface area contributed by atoms with E-state index in [1.807, 2.05) is 0 Å². The second kappa shape index (κ2) is 15.4. The fraction of sp³-hybridized carbons (Fsp3) is 1.00. The molecule has 7 heteroatoms. The Bertz CT molecular complexity index is 433. The summed E-state index contributed by atoms with van der Waals surface area (Å²) < 4.78 is 30.5. The summed E-state index contributed by atoms with van der Waals surface area (Å²) in [5.41, 5.74) is 0. The van der Waals surface area contributed by atoms with Crippen LogP contribution >= 0.6 is 0 Å². The van der Waals surface area contributed by atoms with E-state index in [2.05, 4.69) is 86.6 Å². The molecule has 0 heterocycles. The highest BCUT2D eigenvalue weighted by Gasteiger charge is 2.68. The predicted molar refractivity (Wildman–Crippen MR) is 166 cm³/mol. The van der Waals surface area contributed by atoms with Crippen LogP contribution in [-0.4, -0.2) is 68.9 Å². The SMILES string of the molecule is CCCC[N+](CCCC)(CCCC)CCCC.[CH3][Al-]([F])([F])[C]([Si](C)(C)C)([Si](C)(C)C)[Si](C)(C)C. The molecule has 0 N–H and O–H groups in total. The highest BCUT2D eigenvalue weighted by Crippen LogP contribution is 2.60. The lowest BCUT2D eigenvalue weighted by atomic mass is 10.1. The number of unbranched alkanes of at least 4 members (excludes halogenated alkanes) is 4. The van der Waals surface area contributed by atoms with Gasteiger partial charge in [-0.2, -0.15) is 0 Å². The van der Waals surface area contributed by atoms with E-state index in [0.717, 1.165) is 0 Å². The summed E-state index contributed by atoms with van der Waals surface area (Å²) in [4.78, 5) is 0. The summed E-state index contributed by atoms with van der Waals surface area (Å²) in [6.07, 6.45) is 11.1. The molecule has 0 spiro atoms. The van der Waals surface area contributed by atoms with Crippen molar-refractivity contribution in [2.75, 3.05) is 26.2 Å². The first-order valence-corrected chi connectivity index (χ1v) is 27.8. The van der Waals surface area contributed by atoms with Crippen LogP contribution in [0.3, 0.4) is 0 Å². The molecule has 0 aliphatic rings. The lowest BCUT2D eigenvalue weighted by Crippen LogP contribution is -2.74. The minimum absolute atomic E-state index is 0.500. The lowest BCUT2D eigenvalue weighted by molar-refractivity contribution is -0.929. The quantitative estimate of drug-likeness (QED) is 0.132. The van der Waals surface area contributed by atoms with Gasteiger partial charge in [-0.3, -0.25) is 0 Å². The van der Waals surface area contributed by atoms with Crippen LogP contribution in [0.2, 0.25) is 67.9 Å². The lowest BCUT2D eigenvalue weighted by Gasteiger charge is -2.65. The molecule has 0 saturated carbocycles. The largest absolute Gasteiger partial charge is 0.567 e. The van der Waals surface area contributed by atoms with Crippen LogP contribution in [0.1, 0.15) is 79.1 Å². The minimum atomic E-state index is -4.48. The first-order valence-electron chi connectivity index (χ1n) is 14.6. The Morgan fingerprint density at radius 2 is 0.735 bits per heavy atom. The monoisotopic (exact) mass is 553 g/mol. The molecule has 1 nitrogen and oxygen atoms in total. The van der Waals surface area contributed by atoms with Gasteiger partial charge < -0.3 is 11.5 Å². The topological polar surface area (TPSA) is 0 Å². The zero-order valence-corrected chi connectivity index (χ0v) is 30.4. The molecule has 0 radical (unpaired) electrons. The van der Waals surface area contributed by atoms with Gasteiger partial charge in [-0.25, -0.2) is 0 Å². The Hall–Kier alpha value is 1.00. The molecule has 0 unspecified atom stereocenters. The Kier molecular flexibility index (Phi) is 16.9. The van der Waals surface area contributed by atoms with Gasteiger partial charge in [0.2, 0.25) is 0 Å². The second-order valence-corrected chi connectivity index (χ2v) is 36.2. The average Bonchev–Trinajstić information content (AvgIpc) is 2.62. The van der Waals surface area contributed by atoms with Gasteiger partial charge in [0, 0.05) is 24.2 Å². The van der Waals surface area contributed by atoms with E-state index in [1.165, 1.54) is 87.8 Å². The van der Waals surface area contributed by atoms with Crippen molar-refractivity contribution in [3.63, 3.8) is 0 Å². The summed E-state index contributed by atoms with van der Waals surface area (Å²) in [6, 6.07) is 0. The zero-order chi connectivity index (χ0) is 27.5. The van der Waals surface area contributed by atoms with Gasteiger partial charge in [0.15, 0.2) is 0 Å². The van der Waals surface area contributed by atoms with Crippen molar-refractivity contribution in [3.05, 3.63) is 0 Å². The number of hydrogen-bond acceptors (Lipinski definition) is 0. The number of hydrogen-bond donors (Lipinski definition) is 0. The van der Waals surface area contributed by atoms with Crippen molar-refractivity contribution in [3.8, 4) is 0 Å². The molecular weight excluding hydrogens is 488 g/mol. The molecule has 0 saturated heterocycles. The third-order valence-corrected chi connectivity index (χ3v) is 42.7. The van der Waals surface area contributed by atoms with Gasteiger partial charge in [-0.15, -0.1) is 8.93 Å². The first kappa shape index (κ1) is 37.2. The molecule has 0 aromatic rings. The molecule has 0 aliphatic heterocycles. The third-order valence-electron chi connectivity index (χ3n) is 8.25. The maximum Gasteiger partial charge on any atom is 0.545 e. The molecule has 34 heavy (non-hydrogen) atoms. The summed E-state index contributed by atoms with van der Waals surface area (Å²) in [6.45, 7) is 34.7. The third kappa shape index (κ3) is 10.4. The molecule has 0 atom stereocenters. The van der Waals surface area contributed by atoms with Gasteiger partial charge in [-0.05, 0) is 25.7 Å². The molecule has 0 aromatic carbocycles. The average molecular weight is 554 g/mol. The van der Waals surface area contributed by atoms with Crippen LogP contribution in [-0.2, 0) is 0 Å². The predicted octanol–water partition coefficient (Wildman–Crippen LogP) is 10.4. The van der Waals surface area contributed by atoms with Crippen molar-refractivity contribution in [1.29, 1.82) is 0 Å². The first-order chi connectivity index (χ1) is 15.2. The van der Waals surface area contributed by atoms with Crippen LogP contribution in [0.15, 0.2) is 0 Å². The van der Waals surface area contributed by atoms with E-state index in [4.69, 9.17) is 0 Å². The number of quaternary nitrogens is 1. The van der Waals surface area contributed by atoms with Crippen LogP contribution < -0.4 is 0 Å². The van der Waals surface area contributed by atoms with E-state index >= 15 is 0 Å². The highest BCUT2D eigenvalue weighted by molar-refractivity contribution is 7.27. The Balaban J connectivity index is 0. The van der Waals surface area contributed by atoms with Crippen LogP contribution in [0.4, 0.5) is 7.05 Å². The van der Waals surface area contributed by atoms with Crippen LogP contribution in [0, 0.1) is 0 Å². The Morgan fingerprint density at radius 1 is 0.529 bits per heavy atom. The van der Waals surface area contributed by atoms with Crippen LogP contribution in [0.5, 0.6) is 0 Å². The van der Waals surface area contributed by atoms with Gasteiger partial charge in [-0.1, -0.05) is 112 Å². The second-order valence-electron chi connectivity index (χ2n) is 14.2. The standard InChI is InChI=1S/C16H36N.C10H27Si3.CH3.Al.2FH/c1-5-9-13-17(14-10-6-2,15-11-7-3)16-12-8-4;1-11(2,3)10(12(4,5)6)13(7,8)9;;;;/h5-16H2,1-4H3;1-9H3;1H3;;2*1H/q+1;;;+1;;/p-2. The van der Waals surface area contributed by atoms with Gasteiger partial charge >= 0.3 is 14.0 Å². The van der Waals surface area contributed by atoms with Gasteiger partial charge in [0.25, 0.3) is 0 Å². The fourth-order valence-corrected chi connectivity index (χ4v) is 53.5. The summed E-state index contributed by atoms with van der Waals surface area (Å²) in [5.74, 6) is 1.35. The minimum Gasteiger partial charge on any atom is -0.567 e. The van der Waals surface area contributed by atoms with Crippen molar-refractivity contribution < 1.29 is 11.5 Å². The maximum absolute atomic E-state index is 14.8. The number of rotatable bonds is 16. The molecule has 0 rings (SSSR count). The number of nitrogens with zero attached hydrogens (tertiary/aromatic N) is 1. The normalized spacial score (nSPS) is 14.1. The van der Waals surface area contributed by atoms with Crippen LogP contribution in [0.25, 0.3) is 0 Å². The van der Waals surface area contributed by atoms with E-state index in [9.17, 15) is 7.05 Å². The number of halogens is 2. The van der Waals surface area contributed by atoms with Crippen molar-refractivity contribution in [2.24, 2.45) is 0 Å². The van der Waals surface area contributed by atoms with E-state index in [-0.39, 0.29) is 0 Å². The van der Waals surface area contributed by atoms with Gasteiger partial charge in [0.1, 0.15) is 0 Å². The zero-order valence-electron chi connectivity index (χ0n) is 26.3. The molecule has 0 aliphatic carbocycles. The summed E-state index contributed by atoms with van der Waals surface area (Å²) >= 11 is -4.48. The smallest absolute Gasteiger partial charge is 0.545 e. The summed E-state index contributed by atoms with van der Waals surface area (Å²) in [5, 5.41) is 0. The fourth-order valence-electron chi connectivity index (χ4n) is 8.30. The molecule has 0 amide bonds. The van der Waals surface area contributed by atoms with Crippen molar-refractivity contribution in [2.45, 2.75) is 147 Å². The van der Waals surface area contributed by atoms with E-state index < -0.39 is 41.4 Å². The summed E-state index contributed by atoms with van der Waals surface area (Å²) in [7, 11) is -5.69. The molecule has 0 bridgehead atoms. The highest BCUT2D eigenvalue weighted by atomic mass is 28.5.